The minimum absolute atomic E-state index is 0.00139. The molecule has 0 spiro atoms. The van der Waals surface area contributed by atoms with Crippen LogP contribution in [-0.4, -0.2) is 35.2 Å². The van der Waals surface area contributed by atoms with E-state index in [1.165, 1.54) is 34.7 Å². The van der Waals surface area contributed by atoms with Crippen LogP contribution >= 0.6 is 23.1 Å². The fraction of sp³-hybridized carbons (Fsp3) is 0.467. The standard InChI is InChI=1S/C15H21N3O2S2/c1-10-14-13(4-8-21-14)15(22-9-6-17-12(3)20)18(10)7-5-16-11(2)19/h4,8H,5-7,9H2,1-3H3,(H,16,19)(H,17,20). The summed E-state index contributed by atoms with van der Waals surface area (Å²) in [5.41, 5.74) is 1.23. The third-order valence-corrected chi connectivity index (χ3v) is 5.44. The van der Waals surface area contributed by atoms with Crippen molar-refractivity contribution in [1.29, 1.82) is 0 Å². The summed E-state index contributed by atoms with van der Waals surface area (Å²) < 4.78 is 3.56. The van der Waals surface area contributed by atoms with Gasteiger partial charge in [0.15, 0.2) is 0 Å². The van der Waals surface area contributed by atoms with E-state index < -0.39 is 0 Å². The fourth-order valence-corrected chi connectivity index (χ4v) is 4.41. The van der Waals surface area contributed by atoms with Crippen molar-refractivity contribution in [1.82, 2.24) is 15.2 Å². The molecule has 2 heterocycles. The summed E-state index contributed by atoms with van der Waals surface area (Å²) in [6, 6.07) is 2.14. The van der Waals surface area contributed by atoms with Gasteiger partial charge in [-0.25, -0.2) is 0 Å². The van der Waals surface area contributed by atoms with Crippen molar-refractivity contribution in [3.05, 3.63) is 17.1 Å². The van der Waals surface area contributed by atoms with Crippen LogP contribution in [0.5, 0.6) is 0 Å². The second-order valence-corrected chi connectivity index (χ2v) is 7.02. The topological polar surface area (TPSA) is 63.1 Å². The van der Waals surface area contributed by atoms with Crippen LogP contribution in [0.2, 0.25) is 0 Å². The van der Waals surface area contributed by atoms with Gasteiger partial charge in [0.05, 0.1) is 9.73 Å². The van der Waals surface area contributed by atoms with Crippen LogP contribution in [0.1, 0.15) is 19.5 Å². The van der Waals surface area contributed by atoms with E-state index >= 15 is 0 Å². The van der Waals surface area contributed by atoms with Crippen molar-refractivity contribution in [2.45, 2.75) is 32.3 Å². The molecule has 0 saturated heterocycles. The van der Waals surface area contributed by atoms with Crippen LogP contribution in [0.4, 0.5) is 0 Å². The van der Waals surface area contributed by atoms with E-state index in [1.807, 2.05) is 0 Å². The maximum Gasteiger partial charge on any atom is 0.216 e. The summed E-state index contributed by atoms with van der Waals surface area (Å²) in [6.07, 6.45) is 0. The molecule has 0 unspecified atom stereocenters. The lowest BCUT2D eigenvalue weighted by molar-refractivity contribution is -0.119. The number of fused-ring (bicyclic) bond motifs is 1. The molecule has 2 N–H and O–H groups in total. The van der Waals surface area contributed by atoms with Gasteiger partial charge in [0, 0.05) is 50.3 Å². The molecule has 0 aliphatic heterocycles. The molecule has 2 aromatic heterocycles. The fourth-order valence-electron chi connectivity index (χ4n) is 2.32. The molecule has 0 aliphatic rings. The Morgan fingerprint density at radius 3 is 2.59 bits per heavy atom. The third-order valence-electron chi connectivity index (χ3n) is 3.30. The van der Waals surface area contributed by atoms with Crippen LogP contribution < -0.4 is 10.6 Å². The normalized spacial score (nSPS) is 10.9. The number of aryl methyl sites for hydroxylation is 1. The first-order chi connectivity index (χ1) is 10.5. The average Bonchev–Trinajstić information content (AvgIpc) is 3.00. The van der Waals surface area contributed by atoms with Gasteiger partial charge in [-0.05, 0) is 18.4 Å². The van der Waals surface area contributed by atoms with Crippen LogP contribution in [0.15, 0.2) is 16.5 Å². The molecule has 120 valence electrons. The average molecular weight is 339 g/mol. The Labute approximate surface area is 138 Å². The number of hydrogen-bond acceptors (Lipinski definition) is 4. The molecule has 0 aromatic carbocycles. The highest BCUT2D eigenvalue weighted by Gasteiger charge is 2.15. The minimum atomic E-state index is -0.00789. The number of nitrogens with zero attached hydrogens (tertiary/aromatic N) is 1. The Kier molecular flexibility index (Phi) is 5.90. The Balaban J connectivity index is 2.12. The second kappa shape index (κ2) is 7.69. The van der Waals surface area contributed by atoms with Crippen molar-refractivity contribution < 1.29 is 9.59 Å². The summed E-state index contributed by atoms with van der Waals surface area (Å²) in [7, 11) is 0. The maximum atomic E-state index is 11.0. The number of rotatable bonds is 7. The van der Waals surface area contributed by atoms with Gasteiger partial charge in [-0.15, -0.1) is 23.1 Å². The third kappa shape index (κ3) is 4.04. The molecule has 0 aliphatic carbocycles. The smallest absolute Gasteiger partial charge is 0.216 e. The number of carbonyl (C=O) groups is 2. The van der Waals surface area contributed by atoms with Crippen LogP contribution in [-0.2, 0) is 16.1 Å². The van der Waals surface area contributed by atoms with E-state index in [1.54, 1.807) is 23.1 Å². The number of nitrogens with one attached hydrogen (secondary N) is 2. The summed E-state index contributed by atoms with van der Waals surface area (Å²) in [5, 5.41) is 10.2. The van der Waals surface area contributed by atoms with Crippen LogP contribution in [0.25, 0.3) is 10.1 Å². The lowest BCUT2D eigenvalue weighted by Crippen LogP contribution is -2.25. The van der Waals surface area contributed by atoms with Crippen molar-refractivity contribution >= 4 is 45.0 Å². The van der Waals surface area contributed by atoms with Crippen molar-refractivity contribution in [2.24, 2.45) is 0 Å². The zero-order valence-corrected chi connectivity index (χ0v) is 14.7. The molecular formula is C15H21N3O2S2. The molecule has 0 bridgehead atoms. The SMILES string of the molecule is CC(=O)NCCSc1c2ccsc2c(C)n1CCNC(C)=O. The van der Waals surface area contributed by atoms with Crippen LogP contribution in [0.3, 0.4) is 0 Å². The lowest BCUT2D eigenvalue weighted by Gasteiger charge is -2.12. The molecular weight excluding hydrogens is 318 g/mol. The quantitative estimate of drug-likeness (QED) is 0.601. The monoisotopic (exact) mass is 339 g/mol. The van der Waals surface area contributed by atoms with E-state index in [9.17, 15) is 9.59 Å². The first kappa shape index (κ1) is 16.9. The molecule has 0 fully saturated rings. The number of hydrogen-bond donors (Lipinski definition) is 2. The van der Waals surface area contributed by atoms with Gasteiger partial charge in [0.1, 0.15) is 0 Å². The molecule has 2 rings (SSSR count). The number of aromatic nitrogens is 1. The van der Waals surface area contributed by atoms with Gasteiger partial charge < -0.3 is 15.2 Å². The predicted octanol–water partition coefficient (Wildman–Crippen LogP) is 2.38. The van der Waals surface area contributed by atoms with E-state index in [0.717, 1.165) is 12.3 Å². The highest BCUT2D eigenvalue weighted by Crippen LogP contribution is 2.36. The first-order valence-corrected chi connectivity index (χ1v) is 9.05. The van der Waals surface area contributed by atoms with Crippen molar-refractivity contribution in [2.75, 3.05) is 18.8 Å². The largest absolute Gasteiger partial charge is 0.356 e. The zero-order valence-electron chi connectivity index (χ0n) is 13.1. The van der Waals surface area contributed by atoms with Gasteiger partial charge in [0.25, 0.3) is 0 Å². The number of thioether (sulfide) groups is 1. The molecule has 2 aromatic rings. The maximum absolute atomic E-state index is 11.0. The summed E-state index contributed by atoms with van der Waals surface area (Å²) in [6.45, 7) is 7.21. The van der Waals surface area contributed by atoms with Gasteiger partial charge in [-0.1, -0.05) is 0 Å². The highest BCUT2D eigenvalue weighted by atomic mass is 32.2. The molecule has 0 radical (unpaired) electrons. The zero-order chi connectivity index (χ0) is 16.1. The van der Waals surface area contributed by atoms with Gasteiger partial charge in [-0.3, -0.25) is 9.59 Å². The first-order valence-electron chi connectivity index (χ1n) is 7.18. The summed E-state index contributed by atoms with van der Waals surface area (Å²) >= 11 is 3.49. The second-order valence-electron chi connectivity index (χ2n) is 5.02. The van der Waals surface area contributed by atoms with E-state index in [0.29, 0.717) is 13.1 Å². The van der Waals surface area contributed by atoms with Gasteiger partial charge >= 0.3 is 0 Å². The van der Waals surface area contributed by atoms with Gasteiger partial charge in [0.2, 0.25) is 11.8 Å². The van der Waals surface area contributed by atoms with E-state index in [4.69, 9.17) is 0 Å². The summed E-state index contributed by atoms with van der Waals surface area (Å²) in [4.78, 5) is 22.0. The Bertz CT molecular complexity index is 676. The molecule has 5 nitrogen and oxygen atoms in total. The molecule has 7 heteroatoms. The van der Waals surface area contributed by atoms with Crippen LogP contribution in [0, 0.1) is 6.92 Å². The van der Waals surface area contributed by atoms with E-state index in [-0.39, 0.29) is 11.8 Å². The van der Waals surface area contributed by atoms with Crippen molar-refractivity contribution in [3.8, 4) is 0 Å². The predicted molar refractivity (Wildman–Crippen MR) is 92.6 cm³/mol. The van der Waals surface area contributed by atoms with Crippen molar-refractivity contribution in [3.63, 3.8) is 0 Å². The number of carbonyl (C=O) groups excluding carboxylic acids is 2. The number of amides is 2. The molecule has 0 saturated carbocycles. The molecule has 2 amide bonds. The minimum Gasteiger partial charge on any atom is -0.356 e. The van der Waals surface area contributed by atoms with Gasteiger partial charge in [-0.2, -0.15) is 0 Å². The Morgan fingerprint density at radius 2 is 1.91 bits per heavy atom. The lowest BCUT2D eigenvalue weighted by atomic mass is 10.4. The van der Waals surface area contributed by atoms with E-state index in [2.05, 4.69) is 33.6 Å². The Hall–Kier alpha value is -1.47. The molecule has 22 heavy (non-hydrogen) atoms. The Morgan fingerprint density at radius 1 is 1.23 bits per heavy atom. The summed E-state index contributed by atoms with van der Waals surface area (Å²) in [5.74, 6) is 0.818. The molecule has 0 atom stereocenters. The number of thiophene rings is 1. The highest BCUT2D eigenvalue weighted by molar-refractivity contribution is 7.99.